The molecule has 0 bridgehead atoms. The molecule has 0 aromatic carbocycles. The van der Waals surface area contributed by atoms with Crippen molar-refractivity contribution in [2.24, 2.45) is 0 Å². The van der Waals surface area contributed by atoms with Gasteiger partial charge in [0, 0.05) is 0 Å². The zero-order valence-corrected chi connectivity index (χ0v) is 19.8. The van der Waals surface area contributed by atoms with E-state index in [1.165, 1.54) is 32.1 Å². The van der Waals surface area contributed by atoms with Crippen molar-refractivity contribution < 1.29 is 26.2 Å². The minimum absolute atomic E-state index is 0. The van der Waals surface area contributed by atoms with Gasteiger partial charge in [0.2, 0.25) is 0 Å². The van der Waals surface area contributed by atoms with Gasteiger partial charge in [-0.25, -0.2) is 0 Å². The first-order valence-corrected chi connectivity index (χ1v) is 8.78. The summed E-state index contributed by atoms with van der Waals surface area (Å²) >= 11 is 0. The van der Waals surface area contributed by atoms with Gasteiger partial charge >= 0.3 is 26.2 Å². The van der Waals surface area contributed by atoms with Crippen LogP contribution in [0.25, 0.3) is 16.0 Å². The summed E-state index contributed by atoms with van der Waals surface area (Å²) in [7, 11) is 3.61. The summed E-state index contributed by atoms with van der Waals surface area (Å²) in [6, 6.07) is 0.558. The van der Waals surface area contributed by atoms with Crippen LogP contribution in [-0.2, 0) is 26.2 Å². The molecule has 0 aromatic rings. The standard InChI is InChI=1S/C13H22N.2C3H8N.CH3.Zr/c1-3-12(2)14-11-7-6-10-13-8-4-5-9-13;2*1-3-4-2;;/h4-5,8,12H,3,6-7,9-11H2,1-2H3;2*3H2,1-2H3;1H3;/q4*-1;+4. The van der Waals surface area contributed by atoms with Crippen molar-refractivity contribution in [1.29, 1.82) is 0 Å². The molecule has 0 saturated heterocycles. The molecule has 0 aliphatic heterocycles. The van der Waals surface area contributed by atoms with E-state index >= 15 is 0 Å². The second-order valence-corrected chi connectivity index (χ2v) is 5.34. The van der Waals surface area contributed by atoms with Crippen molar-refractivity contribution in [3.05, 3.63) is 47.2 Å². The second kappa shape index (κ2) is 28.1. The van der Waals surface area contributed by atoms with Gasteiger partial charge in [0.15, 0.2) is 0 Å². The van der Waals surface area contributed by atoms with E-state index in [9.17, 15) is 0 Å². The fourth-order valence-electron chi connectivity index (χ4n) is 1.58. The predicted molar refractivity (Wildman–Crippen MR) is 110 cm³/mol. The Labute approximate surface area is 172 Å². The first kappa shape index (κ1) is 32.0. The summed E-state index contributed by atoms with van der Waals surface area (Å²) < 4.78 is 0. The van der Waals surface area contributed by atoms with Crippen molar-refractivity contribution in [2.75, 3.05) is 33.7 Å². The molecule has 140 valence electrons. The van der Waals surface area contributed by atoms with Crippen molar-refractivity contribution in [3.63, 3.8) is 0 Å². The first-order chi connectivity index (χ1) is 10.7. The van der Waals surface area contributed by atoms with E-state index in [0.29, 0.717) is 6.04 Å². The van der Waals surface area contributed by atoms with Gasteiger partial charge < -0.3 is 23.4 Å². The molecule has 0 fully saturated rings. The average Bonchev–Trinajstić information content (AvgIpc) is 3.08. The van der Waals surface area contributed by atoms with E-state index in [-0.39, 0.29) is 33.6 Å². The van der Waals surface area contributed by atoms with Gasteiger partial charge in [-0.1, -0.05) is 70.8 Å². The number of unbranched alkanes of at least 4 members (excludes halogenated alkanes) is 1. The molecule has 1 atom stereocenters. The number of hydrogen-bond acceptors (Lipinski definition) is 0. The Kier molecular flexibility index (Phi) is 37.4. The van der Waals surface area contributed by atoms with E-state index in [1.54, 1.807) is 19.7 Å². The summed E-state index contributed by atoms with van der Waals surface area (Å²) in [6.45, 7) is 11.4. The molecule has 4 heteroatoms. The molecule has 1 aliphatic carbocycles. The maximum atomic E-state index is 4.57. The third-order valence-corrected chi connectivity index (χ3v) is 3.42. The van der Waals surface area contributed by atoms with Gasteiger partial charge in [0.25, 0.3) is 0 Å². The molecule has 24 heavy (non-hydrogen) atoms. The van der Waals surface area contributed by atoms with Crippen LogP contribution in [0.4, 0.5) is 0 Å². The predicted octanol–water partition coefficient (Wildman–Crippen LogP) is 6.68. The van der Waals surface area contributed by atoms with E-state index in [4.69, 9.17) is 0 Å². The third kappa shape index (κ3) is 27.1. The molecule has 3 nitrogen and oxygen atoms in total. The summed E-state index contributed by atoms with van der Waals surface area (Å²) in [4.78, 5) is 0. The van der Waals surface area contributed by atoms with Crippen LogP contribution in [0.3, 0.4) is 0 Å². The number of nitrogens with zero attached hydrogens (tertiary/aromatic N) is 3. The topological polar surface area (TPSA) is 42.3 Å². The van der Waals surface area contributed by atoms with Crippen LogP contribution < -0.4 is 0 Å². The van der Waals surface area contributed by atoms with Gasteiger partial charge in [-0.2, -0.15) is 27.2 Å². The SMILES string of the molecule is CCC(C)[N-]CCCCC1=CC=CC1.CC[N-]C.CC[N-]C.[CH3-].[Zr+4]. The Bertz CT molecular complexity index is 258. The Balaban J connectivity index is -0.000000170. The normalized spacial score (nSPS) is 12.5. The van der Waals surface area contributed by atoms with Gasteiger partial charge in [-0.05, 0) is 12.8 Å². The largest absolute Gasteiger partial charge is 4.00 e. The first-order valence-electron chi connectivity index (χ1n) is 8.78. The van der Waals surface area contributed by atoms with Crippen LogP contribution in [0.1, 0.15) is 59.8 Å². The quantitative estimate of drug-likeness (QED) is 0.298. The van der Waals surface area contributed by atoms with Crippen LogP contribution in [0.2, 0.25) is 0 Å². The number of rotatable bonds is 9. The molecule has 0 aromatic heterocycles. The zero-order valence-electron chi connectivity index (χ0n) is 17.3. The molecular formula is C20H41N3Zr. The van der Waals surface area contributed by atoms with Crippen LogP contribution in [-0.4, -0.2) is 39.8 Å². The van der Waals surface area contributed by atoms with Gasteiger partial charge in [-0.15, -0.1) is 12.6 Å². The summed E-state index contributed by atoms with van der Waals surface area (Å²) in [5.41, 5.74) is 1.59. The zero-order chi connectivity index (χ0) is 17.1. The van der Waals surface area contributed by atoms with E-state index < -0.39 is 0 Å². The molecule has 0 spiro atoms. The smallest absolute Gasteiger partial charge is 0.665 e. The second-order valence-electron chi connectivity index (χ2n) is 5.34. The molecule has 0 radical (unpaired) electrons. The van der Waals surface area contributed by atoms with E-state index in [1.807, 2.05) is 13.8 Å². The van der Waals surface area contributed by atoms with Crippen molar-refractivity contribution in [1.82, 2.24) is 0 Å². The summed E-state index contributed by atoms with van der Waals surface area (Å²) in [6.07, 6.45) is 12.8. The Morgan fingerprint density at radius 1 is 1.04 bits per heavy atom. The fourth-order valence-corrected chi connectivity index (χ4v) is 1.58. The van der Waals surface area contributed by atoms with Crippen molar-refractivity contribution in [3.8, 4) is 0 Å². The van der Waals surface area contributed by atoms with Gasteiger partial charge in [0.05, 0.1) is 0 Å². The summed E-state index contributed by atoms with van der Waals surface area (Å²) in [5, 5.41) is 12.0. The molecule has 0 heterocycles. The van der Waals surface area contributed by atoms with Crippen molar-refractivity contribution >= 4 is 0 Å². The number of allylic oxidation sites excluding steroid dienone is 4. The average molecular weight is 415 g/mol. The van der Waals surface area contributed by atoms with E-state index in [2.05, 4.69) is 48.0 Å². The third-order valence-electron chi connectivity index (χ3n) is 3.42. The molecular weight excluding hydrogens is 373 g/mol. The number of hydrogen-bond donors (Lipinski definition) is 0. The molecule has 1 aliphatic rings. The molecule has 1 rings (SSSR count). The minimum Gasteiger partial charge on any atom is -0.665 e. The van der Waals surface area contributed by atoms with E-state index in [0.717, 1.165) is 19.6 Å². The van der Waals surface area contributed by atoms with Crippen LogP contribution in [0, 0.1) is 7.43 Å². The van der Waals surface area contributed by atoms with Gasteiger partial charge in [-0.3, -0.25) is 0 Å². The minimum atomic E-state index is 0. The Morgan fingerprint density at radius 2 is 1.58 bits per heavy atom. The molecule has 1 unspecified atom stereocenters. The van der Waals surface area contributed by atoms with Crippen LogP contribution in [0.5, 0.6) is 0 Å². The van der Waals surface area contributed by atoms with Crippen LogP contribution >= 0.6 is 0 Å². The Hall–Kier alpha value is 0.243. The monoisotopic (exact) mass is 413 g/mol. The summed E-state index contributed by atoms with van der Waals surface area (Å²) in [5.74, 6) is 0. The van der Waals surface area contributed by atoms with Gasteiger partial charge in [0.1, 0.15) is 0 Å². The maximum Gasteiger partial charge on any atom is 4.00 e. The fraction of sp³-hybridized carbons (Fsp3) is 0.750. The van der Waals surface area contributed by atoms with Crippen molar-refractivity contribution in [2.45, 2.75) is 65.8 Å². The van der Waals surface area contributed by atoms with Crippen LogP contribution in [0.15, 0.2) is 23.8 Å². The maximum absolute atomic E-state index is 4.57. The Morgan fingerprint density at radius 3 is 1.96 bits per heavy atom. The molecule has 0 N–H and O–H groups in total. The molecule has 0 saturated carbocycles. The molecule has 0 amide bonds.